The summed E-state index contributed by atoms with van der Waals surface area (Å²) in [7, 11) is 0. The Morgan fingerprint density at radius 2 is 1.46 bits per heavy atom. The second-order valence-corrected chi connectivity index (χ2v) is 12.7. The number of nitrogens with zero attached hydrogens (tertiary/aromatic N) is 1. The zero-order valence-corrected chi connectivity index (χ0v) is 25.2. The number of carbonyl (C=O) groups excluding carboxylic acids is 3. The van der Waals surface area contributed by atoms with E-state index in [-0.39, 0.29) is 23.8 Å². The molecule has 1 aromatic carbocycles. The van der Waals surface area contributed by atoms with Gasteiger partial charge in [-0.1, -0.05) is 56.5 Å². The van der Waals surface area contributed by atoms with Crippen molar-refractivity contribution in [3.8, 4) is 0 Å². The van der Waals surface area contributed by atoms with Gasteiger partial charge in [0.05, 0.1) is 0 Å². The average Bonchev–Trinajstić information content (AvgIpc) is 2.67. The fourth-order valence-electron chi connectivity index (χ4n) is 4.57. The maximum Gasteiger partial charge on any atom is 0.408 e. The molecule has 0 aliphatic rings. The molecule has 1 rings (SSSR count). The summed E-state index contributed by atoms with van der Waals surface area (Å²) in [4.78, 5) is 42.5. The van der Waals surface area contributed by atoms with Gasteiger partial charge in [-0.2, -0.15) is 0 Å². The van der Waals surface area contributed by atoms with Crippen molar-refractivity contribution < 1.29 is 19.1 Å². The molecular formula is C30H51N3O4. The number of aryl methyl sites for hydroxylation is 2. The molecule has 0 radical (unpaired) electrons. The number of rotatable bonds is 10. The Balaban J connectivity index is 3.64. The Hall–Kier alpha value is -2.57. The first-order valence-corrected chi connectivity index (χ1v) is 13.6. The van der Waals surface area contributed by atoms with E-state index in [1.165, 1.54) is 0 Å². The van der Waals surface area contributed by atoms with Crippen LogP contribution < -0.4 is 10.6 Å². The Kier molecular flexibility index (Phi) is 11.7. The molecule has 7 nitrogen and oxygen atoms in total. The predicted octanol–water partition coefficient (Wildman–Crippen LogP) is 6.22. The Morgan fingerprint density at radius 1 is 0.919 bits per heavy atom. The number of carbonyl (C=O) groups is 3. The van der Waals surface area contributed by atoms with Gasteiger partial charge in [0.1, 0.15) is 17.7 Å². The summed E-state index contributed by atoms with van der Waals surface area (Å²) in [6.45, 7) is 23.1. The van der Waals surface area contributed by atoms with Gasteiger partial charge in [0.2, 0.25) is 11.8 Å². The molecule has 37 heavy (non-hydrogen) atoms. The molecule has 3 atom stereocenters. The lowest BCUT2D eigenvalue weighted by Gasteiger charge is -2.43. The van der Waals surface area contributed by atoms with Crippen LogP contribution in [0, 0.1) is 19.8 Å². The van der Waals surface area contributed by atoms with Crippen LogP contribution >= 0.6 is 0 Å². The maximum atomic E-state index is 14.3. The second-order valence-electron chi connectivity index (χ2n) is 12.7. The molecule has 0 spiro atoms. The average molecular weight is 518 g/mol. The molecule has 0 saturated heterocycles. The summed E-state index contributed by atoms with van der Waals surface area (Å²) in [5.74, 6) is -0.409. The van der Waals surface area contributed by atoms with Crippen molar-refractivity contribution in [1.82, 2.24) is 15.5 Å². The summed E-state index contributed by atoms with van der Waals surface area (Å²) in [6, 6.07) is 4.24. The van der Waals surface area contributed by atoms with Gasteiger partial charge in [0.25, 0.3) is 0 Å². The largest absolute Gasteiger partial charge is 0.444 e. The van der Waals surface area contributed by atoms with Gasteiger partial charge in [0.15, 0.2) is 0 Å². The summed E-state index contributed by atoms with van der Waals surface area (Å²) in [6.07, 6.45) is 1.54. The first kappa shape index (κ1) is 32.5. The van der Waals surface area contributed by atoms with E-state index < -0.39 is 29.3 Å². The van der Waals surface area contributed by atoms with E-state index in [4.69, 9.17) is 4.74 Å². The first-order chi connectivity index (χ1) is 16.9. The molecule has 210 valence electrons. The van der Waals surface area contributed by atoms with Gasteiger partial charge in [-0.05, 0) is 86.6 Å². The third-order valence-electron chi connectivity index (χ3n) is 5.83. The topological polar surface area (TPSA) is 87.7 Å². The number of hydrogen-bond donors (Lipinski definition) is 2. The molecule has 0 aliphatic heterocycles. The number of hydrogen-bond acceptors (Lipinski definition) is 4. The van der Waals surface area contributed by atoms with Crippen molar-refractivity contribution >= 4 is 17.9 Å². The maximum absolute atomic E-state index is 14.3. The Labute approximate surface area is 225 Å². The number of benzene rings is 1. The van der Waals surface area contributed by atoms with Gasteiger partial charge >= 0.3 is 6.09 Å². The highest BCUT2D eigenvalue weighted by Gasteiger charge is 2.42. The van der Waals surface area contributed by atoms with Gasteiger partial charge in [0, 0.05) is 11.6 Å². The third kappa shape index (κ3) is 10.7. The quantitative estimate of drug-likeness (QED) is 0.386. The first-order valence-electron chi connectivity index (χ1n) is 13.6. The van der Waals surface area contributed by atoms with Crippen LogP contribution in [0.1, 0.15) is 111 Å². The third-order valence-corrected chi connectivity index (χ3v) is 5.83. The van der Waals surface area contributed by atoms with Crippen LogP contribution in [0.5, 0.6) is 0 Å². The smallest absolute Gasteiger partial charge is 0.408 e. The fraction of sp³-hybridized carbons (Fsp3) is 0.700. The Bertz CT molecular complexity index is 907. The van der Waals surface area contributed by atoms with Gasteiger partial charge < -0.3 is 20.3 Å². The highest BCUT2D eigenvalue weighted by Crippen LogP contribution is 2.32. The molecular weight excluding hydrogens is 466 g/mol. The molecule has 0 bridgehead atoms. The van der Waals surface area contributed by atoms with Crippen LogP contribution in [0.2, 0.25) is 0 Å². The standard InChI is InChI=1S/C30H51N3O4/c1-13-14-22(6)31-26(34)25(23-17-20(4)16-21(5)18-23)33(29(7,8)9)27(35)24(15-19(2)3)32-28(36)37-30(10,11)12/h16-19,22,24-25H,13-15H2,1-12H3,(H,31,34)(H,32,36). The molecule has 7 heteroatoms. The fourth-order valence-corrected chi connectivity index (χ4v) is 4.57. The van der Waals surface area contributed by atoms with Crippen LogP contribution in [0.25, 0.3) is 0 Å². The number of nitrogens with one attached hydrogen (secondary N) is 2. The minimum atomic E-state index is -0.861. The number of alkyl carbamates (subject to hydrolysis) is 1. The van der Waals surface area contributed by atoms with Crippen molar-refractivity contribution in [3.05, 3.63) is 34.9 Å². The van der Waals surface area contributed by atoms with Gasteiger partial charge in [-0.15, -0.1) is 0 Å². The number of ether oxygens (including phenoxy) is 1. The number of amides is 3. The highest BCUT2D eigenvalue weighted by atomic mass is 16.6. The van der Waals surface area contributed by atoms with E-state index in [1.54, 1.807) is 25.7 Å². The molecule has 1 aromatic rings. The summed E-state index contributed by atoms with van der Waals surface area (Å²) < 4.78 is 5.47. The zero-order chi connectivity index (χ0) is 28.7. The van der Waals surface area contributed by atoms with E-state index >= 15 is 0 Å². The van der Waals surface area contributed by atoms with E-state index in [0.717, 1.165) is 29.5 Å². The second kappa shape index (κ2) is 13.3. The van der Waals surface area contributed by atoms with Crippen molar-refractivity contribution in [2.45, 2.75) is 132 Å². The summed E-state index contributed by atoms with van der Waals surface area (Å²) >= 11 is 0. The van der Waals surface area contributed by atoms with Gasteiger partial charge in [-0.3, -0.25) is 9.59 Å². The van der Waals surface area contributed by atoms with E-state index in [1.807, 2.05) is 73.6 Å². The lowest BCUT2D eigenvalue weighted by Crippen LogP contribution is -2.59. The highest BCUT2D eigenvalue weighted by molar-refractivity contribution is 5.92. The van der Waals surface area contributed by atoms with Crippen LogP contribution in [0.4, 0.5) is 4.79 Å². The minimum absolute atomic E-state index is 0.0332. The van der Waals surface area contributed by atoms with Crippen molar-refractivity contribution in [2.75, 3.05) is 0 Å². The predicted molar refractivity (Wildman–Crippen MR) is 150 cm³/mol. The molecule has 3 amide bonds. The van der Waals surface area contributed by atoms with Gasteiger partial charge in [-0.25, -0.2) is 4.79 Å². The molecule has 0 aromatic heterocycles. The van der Waals surface area contributed by atoms with E-state index in [9.17, 15) is 14.4 Å². The minimum Gasteiger partial charge on any atom is -0.444 e. The molecule has 3 unspecified atom stereocenters. The van der Waals surface area contributed by atoms with Crippen LogP contribution in [-0.2, 0) is 14.3 Å². The summed E-state index contributed by atoms with van der Waals surface area (Å²) in [5.41, 5.74) is 1.37. The summed E-state index contributed by atoms with van der Waals surface area (Å²) in [5, 5.41) is 5.93. The van der Waals surface area contributed by atoms with Crippen molar-refractivity contribution in [3.63, 3.8) is 0 Å². The van der Waals surface area contributed by atoms with Crippen LogP contribution in [0.15, 0.2) is 18.2 Å². The lowest BCUT2D eigenvalue weighted by molar-refractivity contribution is -0.149. The molecule has 0 saturated carbocycles. The van der Waals surface area contributed by atoms with Crippen LogP contribution in [0.3, 0.4) is 0 Å². The van der Waals surface area contributed by atoms with E-state index in [2.05, 4.69) is 17.6 Å². The van der Waals surface area contributed by atoms with Crippen LogP contribution in [-0.4, -0.2) is 46.0 Å². The SMILES string of the molecule is CCCC(C)NC(=O)C(c1cc(C)cc(C)c1)N(C(=O)C(CC(C)C)NC(=O)OC(C)(C)C)C(C)(C)C. The molecule has 0 fully saturated rings. The molecule has 0 heterocycles. The normalized spacial score (nSPS) is 14.5. The van der Waals surface area contributed by atoms with E-state index in [0.29, 0.717) is 6.42 Å². The monoisotopic (exact) mass is 517 g/mol. The zero-order valence-electron chi connectivity index (χ0n) is 25.2. The molecule has 0 aliphatic carbocycles. The lowest BCUT2D eigenvalue weighted by atomic mass is 9.92. The van der Waals surface area contributed by atoms with Crippen molar-refractivity contribution in [1.29, 1.82) is 0 Å². The Morgan fingerprint density at radius 3 is 1.89 bits per heavy atom. The molecule has 2 N–H and O–H groups in total. The van der Waals surface area contributed by atoms with Crippen molar-refractivity contribution in [2.24, 2.45) is 5.92 Å².